The molecule has 5 rings (SSSR count). The molecule has 2 nitrogen and oxygen atoms in total. The van der Waals surface area contributed by atoms with Crippen molar-refractivity contribution in [2.45, 2.75) is 4.90 Å². The minimum Gasteiger partial charge on any atom is -0.337 e. The molecule has 0 spiro atoms. The molecule has 0 unspecified atom stereocenters. The van der Waals surface area contributed by atoms with Crippen molar-refractivity contribution in [3.8, 4) is 33.9 Å². The van der Waals surface area contributed by atoms with Gasteiger partial charge in [0, 0.05) is 21.6 Å². The lowest BCUT2D eigenvalue weighted by atomic mass is 9.99. The molecule has 5 aromatic rings. The van der Waals surface area contributed by atoms with Gasteiger partial charge in [0.05, 0.1) is 11.4 Å². The maximum atomic E-state index is 5.03. The van der Waals surface area contributed by atoms with E-state index in [9.17, 15) is 0 Å². The van der Waals surface area contributed by atoms with Crippen LogP contribution in [0.2, 0.25) is 0 Å². The minimum absolute atomic E-state index is 0.888. The number of fused-ring (bicyclic) bond motifs is 1. The number of aromatic amines is 1. The first kappa shape index (κ1) is 17.8. The zero-order valence-corrected chi connectivity index (χ0v) is 16.9. The molecule has 0 aliphatic rings. The summed E-state index contributed by atoms with van der Waals surface area (Å²) in [5, 5.41) is 2.45. The van der Waals surface area contributed by atoms with Crippen LogP contribution in [0.15, 0.2) is 102 Å². The molecule has 140 valence electrons. The zero-order valence-electron chi connectivity index (χ0n) is 16.1. The second kappa shape index (κ2) is 7.61. The normalized spacial score (nSPS) is 11.1. The van der Waals surface area contributed by atoms with Gasteiger partial charge in [-0.3, -0.25) is 0 Å². The van der Waals surface area contributed by atoms with Gasteiger partial charge in [-0.2, -0.15) is 0 Å². The Kier molecular flexibility index (Phi) is 4.66. The average Bonchev–Trinajstić information content (AvgIpc) is 3.24. The number of nitrogens with zero attached hydrogens (tertiary/aromatic N) is 1. The van der Waals surface area contributed by atoms with E-state index in [0.29, 0.717) is 0 Å². The van der Waals surface area contributed by atoms with Crippen LogP contribution in [-0.2, 0) is 0 Å². The Hall–Kier alpha value is -3.30. The summed E-state index contributed by atoms with van der Waals surface area (Å²) in [5.41, 5.74) is 5.40. The van der Waals surface area contributed by atoms with E-state index in [4.69, 9.17) is 4.98 Å². The van der Waals surface area contributed by atoms with Crippen LogP contribution in [0.1, 0.15) is 0 Å². The van der Waals surface area contributed by atoms with E-state index in [1.807, 2.05) is 6.07 Å². The molecule has 4 aromatic carbocycles. The fourth-order valence-electron chi connectivity index (χ4n) is 3.70. The topological polar surface area (TPSA) is 28.7 Å². The highest BCUT2D eigenvalue weighted by molar-refractivity contribution is 7.98. The van der Waals surface area contributed by atoms with Crippen LogP contribution in [0.5, 0.6) is 0 Å². The fraction of sp³-hybridized carbons (Fsp3) is 0.0385. The number of H-pyrrole nitrogens is 1. The van der Waals surface area contributed by atoms with Crippen molar-refractivity contribution in [1.29, 1.82) is 0 Å². The Morgan fingerprint density at radius 2 is 1.41 bits per heavy atom. The number of benzene rings is 4. The molecule has 0 bridgehead atoms. The number of rotatable bonds is 4. The third-order valence-electron chi connectivity index (χ3n) is 5.17. The molecule has 0 amide bonds. The Morgan fingerprint density at radius 1 is 0.690 bits per heavy atom. The summed E-state index contributed by atoms with van der Waals surface area (Å²) >= 11 is 1.75. The van der Waals surface area contributed by atoms with Crippen molar-refractivity contribution < 1.29 is 0 Å². The van der Waals surface area contributed by atoms with E-state index in [0.717, 1.165) is 28.3 Å². The van der Waals surface area contributed by atoms with Crippen molar-refractivity contribution >= 4 is 22.5 Å². The molecule has 0 radical (unpaired) electrons. The van der Waals surface area contributed by atoms with Gasteiger partial charge in [-0.25, -0.2) is 4.98 Å². The molecule has 0 aliphatic carbocycles. The molecule has 29 heavy (non-hydrogen) atoms. The Labute approximate surface area is 174 Å². The van der Waals surface area contributed by atoms with Gasteiger partial charge in [-0.15, -0.1) is 11.8 Å². The lowest BCUT2D eigenvalue weighted by Gasteiger charge is -2.07. The standard InChI is InChI=1S/C26H20N2S/c1-29-21-16-14-20(15-17-21)26-27-24(19-9-3-2-4-10-19)25(28-26)23-13-7-11-18-8-5-6-12-22(18)23/h2-17H,1H3,(H,27,28). The van der Waals surface area contributed by atoms with Crippen molar-refractivity contribution in [1.82, 2.24) is 9.97 Å². The third kappa shape index (κ3) is 3.34. The molecular weight excluding hydrogens is 372 g/mol. The summed E-state index contributed by atoms with van der Waals surface area (Å²) in [6.45, 7) is 0. The van der Waals surface area contributed by atoms with Crippen molar-refractivity contribution in [3.05, 3.63) is 97.1 Å². The first-order chi connectivity index (χ1) is 14.3. The summed E-state index contributed by atoms with van der Waals surface area (Å²) in [6.07, 6.45) is 2.09. The molecule has 0 fully saturated rings. The number of imidazole rings is 1. The molecule has 0 saturated heterocycles. The van der Waals surface area contributed by atoms with Gasteiger partial charge < -0.3 is 4.98 Å². The van der Waals surface area contributed by atoms with Crippen LogP contribution >= 0.6 is 11.8 Å². The highest BCUT2D eigenvalue weighted by Crippen LogP contribution is 2.36. The quantitative estimate of drug-likeness (QED) is 0.325. The highest BCUT2D eigenvalue weighted by atomic mass is 32.2. The SMILES string of the molecule is CSc1ccc(-c2nc(-c3ccccc3)c(-c3cccc4ccccc34)[nH]2)cc1. The average molecular weight is 393 g/mol. The summed E-state index contributed by atoms with van der Waals surface area (Å²) in [5.74, 6) is 0.888. The summed E-state index contributed by atoms with van der Waals surface area (Å²) in [4.78, 5) is 9.90. The zero-order chi connectivity index (χ0) is 19.6. The smallest absolute Gasteiger partial charge is 0.138 e. The molecule has 0 atom stereocenters. The van der Waals surface area contributed by atoms with E-state index in [2.05, 4.69) is 102 Å². The number of nitrogens with one attached hydrogen (secondary N) is 1. The second-order valence-corrected chi connectivity index (χ2v) is 7.81. The Morgan fingerprint density at radius 3 is 2.21 bits per heavy atom. The highest BCUT2D eigenvalue weighted by Gasteiger charge is 2.16. The van der Waals surface area contributed by atoms with Crippen molar-refractivity contribution in [2.24, 2.45) is 0 Å². The lowest BCUT2D eigenvalue weighted by molar-refractivity contribution is 1.30. The summed E-state index contributed by atoms with van der Waals surface area (Å²) in [6, 6.07) is 33.9. The van der Waals surface area contributed by atoms with Gasteiger partial charge in [-0.1, -0.05) is 84.9 Å². The molecule has 1 N–H and O–H groups in total. The van der Waals surface area contributed by atoms with E-state index in [1.54, 1.807) is 11.8 Å². The third-order valence-corrected chi connectivity index (χ3v) is 5.92. The van der Waals surface area contributed by atoms with Gasteiger partial charge in [-0.05, 0) is 29.2 Å². The van der Waals surface area contributed by atoms with Crippen LogP contribution in [-0.4, -0.2) is 16.2 Å². The molecule has 3 heteroatoms. The maximum absolute atomic E-state index is 5.03. The van der Waals surface area contributed by atoms with E-state index in [1.165, 1.54) is 21.2 Å². The fourth-order valence-corrected chi connectivity index (χ4v) is 4.11. The van der Waals surface area contributed by atoms with Gasteiger partial charge in [0.25, 0.3) is 0 Å². The van der Waals surface area contributed by atoms with Crippen LogP contribution in [0, 0.1) is 0 Å². The number of hydrogen-bond donors (Lipinski definition) is 1. The van der Waals surface area contributed by atoms with Crippen LogP contribution in [0.25, 0.3) is 44.7 Å². The number of thioether (sulfide) groups is 1. The molecule has 1 aromatic heterocycles. The second-order valence-electron chi connectivity index (χ2n) is 6.93. The molecule has 0 aliphatic heterocycles. The summed E-state index contributed by atoms with van der Waals surface area (Å²) in [7, 11) is 0. The number of hydrogen-bond acceptors (Lipinski definition) is 2. The van der Waals surface area contributed by atoms with Gasteiger partial charge in [0.2, 0.25) is 0 Å². The first-order valence-corrected chi connectivity index (χ1v) is 10.8. The molecule has 0 saturated carbocycles. The Balaban J connectivity index is 1.74. The molecular formula is C26H20N2S. The van der Waals surface area contributed by atoms with Crippen LogP contribution < -0.4 is 0 Å². The lowest BCUT2D eigenvalue weighted by Crippen LogP contribution is -1.85. The van der Waals surface area contributed by atoms with Gasteiger partial charge in [0.15, 0.2) is 0 Å². The largest absolute Gasteiger partial charge is 0.337 e. The van der Waals surface area contributed by atoms with E-state index in [-0.39, 0.29) is 0 Å². The van der Waals surface area contributed by atoms with E-state index < -0.39 is 0 Å². The first-order valence-electron chi connectivity index (χ1n) is 9.61. The predicted octanol–water partition coefficient (Wildman–Crippen LogP) is 7.29. The summed E-state index contributed by atoms with van der Waals surface area (Å²) < 4.78 is 0. The van der Waals surface area contributed by atoms with Crippen molar-refractivity contribution in [3.63, 3.8) is 0 Å². The maximum Gasteiger partial charge on any atom is 0.138 e. The van der Waals surface area contributed by atoms with Crippen molar-refractivity contribution in [2.75, 3.05) is 6.26 Å². The minimum atomic E-state index is 0.888. The predicted molar refractivity (Wildman–Crippen MR) is 124 cm³/mol. The van der Waals surface area contributed by atoms with Gasteiger partial charge >= 0.3 is 0 Å². The van der Waals surface area contributed by atoms with Crippen LogP contribution in [0.4, 0.5) is 0 Å². The molecule has 1 heterocycles. The monoisotopic (exact) mass is 392 g/mol. The van der Waals surface area contributed by atoms with Gasteiger partial charge in [0.1, 0.15) is 5.82 Å². The number of aromatic nitrogens is 2. The Bertz CT molecular complexity index is 1270. The van der Waals surface area contributed by atoms with Crippen LogP contribution in [0.3, 0.4) is 0 Å². The van der Waals surface area contributed by atoms with E-state index >= 15 is 0 Å².